The first-order valence-electron chi connectivity index (χ1n) is 9.25. The highest BCUT2D eigenvalue weighted by molar-refractivity contribution is 5.95. The van der Waals surface area contributed by atoms with Crippen LogP contribution in [0.3, 0.4) is 0 Å². The molecule has 1 aliphatic carbocycles. The Bertz CT molecular complexity index is 662. The van der Waals surface area contributed by atoms with Crippen molar-refractivity contribution in [2.24, 2.45) is 5.92 Å². The summed E-state index contributed by atoms with van der Waals surface area (Å²) >= 11 is 0. The van der Waals surface area contributed by atoms with Gasteiger partial charge in [-0.1, -0.05) is 49.8 Å². The van der Waals surface area contributed by atoms with Crippen LogP contribution < -0.4 is 0 Å². The van der Waals surface area contributed by atoms with Gasteiger partial charge in [-0.15, -0.1) is 0 Å². The second-order valence-electron chi connectivity index (χ2n) is 7.08. The lowest BCUT2D eigenvalue weighted by molar-refractivity contribution is 0.0327. The van der Waals surface area contributed by atoms with E-state index in [4.69, 9.17) is 9.47 Å². The molecule has 0 aliphatic heterocycles. The lowest BCUT2D eigenvalue weighted by Gasteiger charge is -2.28. The van der Waals surface area contributed by atoms with Gasteiger partial charge in [-0.2, -0.15) is 0 Å². The number of esters is 1. The maximum atomic E-state index is 12.6. The Morgan fingerprint density at radius 2 is 2.12 bits per heavy atom. The van der Waals surface area contributed by atoms with Crippen LogP contribution in [-0.2, 0) is 9.47 Å². The molecule has 0 saturated heterocycles. The number of aryl methyl sites for hydroxylation is 1. The van der Waals surface area contributed by atoms with E-state index in [-0.39, 0.29) is 12.7 Å². The van der Waals surface area contributed by atoms with Crippen LogP contribution in [0.1, 0.15) is 54.1 Å². The number of rotatable bonds is 7. The molecule has 0 heterocycles. The van der Waals surface area contributed by atoms with E-state index in [1.54, 1.807) is 14.0 Å². The summed E-state index contributed by atoms with van der Waals surface area (Å²) in [4.78, 5) is 12.6. The van der Waals surface area contributed by atoms with Crippen LogP contribution in [0.2, 0.25) is 0 Å². The number of aliphatic hydroxyl groups is 1. The van der Waals surface area contributed by atoms with Gasteiger partial charge in [0.1, 0.15) is 12.7 Å². The molecule has 0 bridgehead atoms. The molecule has 3 atom stereocenters. The normalized spacial score (nSPS) is 21.5. The van der Waals surface area contributed by atoms with Gasteiger partial charge in [0.25, 0.3) is 0 Å². The molecule has 4 heteroatoms. The van der Waals surface area contributed by atoms with Crippen LogP contribution in [0.15, 0.2) is 36.4 Å². The van der Waals surface area contributed by atoms with Crippen molar-refractivity contribution in [3.63, 3.8) is 0 Å². The second kappa shape index (κ2) is 9.70. The highest BCUT2D eigenvalue weighted by Gasteiger charge is 2.23. The summed E-state index contributed by atoms with van der Waals surface area (Å²) in [5, 5.41) is 9.79. The van der Waals surface area contributed by atoms with Crippen molar-refractivity contribution >= 4 is 12.0 Å². The molecule has 1 aliphatic rings. The number of benzene rings is 1. The third kappa shape index (κ3) is 5.29. The zero-order valence-corrected chi connectivity index (χ0v) is 16.0. The van der Waals surface area contributed by atoms with Crippen LogP contribution in [-0.4, -0.2) is 37.0 Å². The summed E-state index contributed by atoms with van der Waals surface area (Å²) in [5.41, 5.74) is 2.81. The van der Waals surface area contributed by atoms with Crippen molar-refractivity contribution in [1.29, 1.82) is 0 Å². The number of carbonyl (C=O) groups excluding carboxylic acids is 1. The van der Waals surface area contributed by atoms with Gasteiger partial charge in [0.05, 0.1) is 11.7 Å². The van der Waals surface area contributed by atoms with Crippen molar-refractivity contribution in [3.05, 3.63) is 53.1 Å². The predicted molar refractivity (Wildman–Crippen MR) is 104 cm³/mol. The lowest BCUT2D eigenvalue weighted by Crippen LogP contribution is -2.25. The van der Waals surface area contributed by atoms with Crippen LogP contribution in [0.25, 0.3) is 6.08 Å². The summed E-state index contributed by atoms with van der Waals surface area (Å²) < 4.78 is 10.9. The van der Waals surface area contributed by atoms with Gasteiger partial charge in [-0.25, -0.2) is 4.79 Å². The first-order chi connectivity index (χ1) is 12.4. The standard InChI is InChI=1S/C22H30O4/c1-15(2)19(23)14-26-22(24)21-16(3)8-7-10-18(21)13-12-17-9-5-6-11-20(17)25-4/h7-8,10,12-13,17,19-20,23H,1,5-6,9,11,14H2,2-4H3/b13-12+. The molecule has 1 saturated carbocycles. The monoisotopic (exact) mass is 358 g/mol. The SMILES string of the molecule is C=C(C)C(O)COC(=O)c1c(C)cccc1/C=C/C1CCCCC1OC. The van der Waals surface area contributed by atoms with E-state index in [0.717, 1.165) is 24.0 Å². The molecule has 1 aromatic rings. The zero-order chi connectivity index (χ0) is 19.1. The van der Waals surface area contributed by atoms with E-state index in [0.29, 0.717) is 17.1 Å². The summed E-state index contributed by atoms with van der Waals surface area (Å²) in [6.07, 6.45) is 8.14. The Hall–Kier alpha value is -1.91. The molecule has 1 aromatic carbocycles. The Morgan fingerprint density at radius 1 is 1.38 bits per heavy atom. The van der Waals surface area contributed by atoms with E-state index in [1.807, 2.05) is 31.2 Å². The summed E-state index contributed by atoms with van der Waals surface area (Å²) in [6, 6.07) is 5.74. The zero-order valence-electron chi connectivity index (χ0n) is 16.0. The number of methoxy groups -OCH3 is 1. The smallest absolute Gasteiger partial charge is 0.339 e. The number of carbonyl (C=O) groups is 1. The Morgan fingerprint density at radius 3 is 2.81 bits per heavy atom. The molecule has 26 heavy (non-hydrogen) atoms. The van der Waals surface area contributed by atoms with E-state index in [9.17, 15) is 9.90 Å². The number of hydrogen-bond acceptors (Lipinski definition) is 4. The number of ether oxygens (including phenoxy) is 2. The van der Waals surface area contributed by atoms with Crippen LogP contribution >= 0.6 is 0 Å². The Labute approximate surface area is 156 Å². The van der Waals surface area contributed by atoms with Gasteiger partial charge in [-0.3, -0.25) is 0 Å². The van der Waals surface area contributed by atoms with Crippen molar-refractivity contribution in [3.8, 4) is 0 Å². The topological polar surface area (TPSA) is 55.8 Å². The number of aliphatic hydroxyl groups excluding tert-OH is 1. The maximum absolute atomic E-state index is 12.6. The molecular formula is C22H30O4. The van der Waals surface area contributed by atoms with Gasteiger partial charge in [0, 0.05) is 13.0 Å². The summed E-state index contributed by atoms with van der Waals surface area (Å²) in [5.74, 6) is -0.0571. The predicted octanol–water partition coefficient (Wildman–Crippen LogP) is 4.31. The van der Waals surface area contributed by atoms with Gasteiger partial charge >= 0.3 is 5.97 Å². The van der Waals surface area contributed by atoms with E-state index in [1.165, 1.54) is 12.8 Å². The van der Waals surface area contributed by atoms with Crippen molar-refractivity contribution in [2.45, 2.75) is 51.7 Å². The minimum Gasteiger partial charge on any atom is -0.459 e. The molecule has 0 aromatic heterocycles. The van der Waals surface area contributed by atoms with Gasteiger partial charge in [-0.05, 0) is 43.4 Å². The van der Waals surface area contributed by atoms with Crippen LogP contribution in [0, 0.1) is 12.8 Å². The summed E-state index contributed by atoms with van der Waals surface area (Å²) in [7, 11) is 1.76. The molecule has 0 radical (unpaired) electrons. The fourth-order valence-electron chi connectivity index (χ4n) is 3.34. The third-order valence-electron chi connectivity index (χ3n) is 5.03. The third-order valence-corrected chi connectivity index (χ3v) is 5.03. The molecule has 1 N–H and O–H groups in total. The van der Waals surface area contributed by atoms with E-state index in [2.05, 4.69) is 12.7 Å². The minimum absolute atomic E-state index is 0.0833. The quantitative estimate of drug-likeness (QED) is 0.583. The average Bonchev–Trinajstić information content (AvgIpc) is 2.64. The van der Waals surface area contributed by atoms with Gasteiger partial charge in [0.2, 0.25) is 0 Å². The largest absolute Gasteiger partial charge is 0.459 e. The fourth-order valence-corrected chi connectivity index (χ4v) is 3.34. The van der Waals surface area contributed by atoms with Crippen molar-refractivity contribution in [1.82, 2.24) is 0 Å². The highest BCUT2D eigenvalue weighted by atomic mass is 16.5. The lowest BCUT2D eigenvalue weighted by atomic mass is 9.85. The molecule has 3 unspecified atom stereocenters. The second-order valence-corrected chi connectivity index (χ2v) is 7.08. The van der Waals surface area contributed by atoms with Crippen LogP contribution in [0.4, 0.5) is 0 Å². The summed E-state index contributed by atoms with van der Waals surface area (Å²) in [6.45, 7) is 7.19. The average molecular weight is 358 g/mol. The Balaban J connectivity index is 2.16. The molecule has 0 spiro atoms. The maximum Gasteiger partial charge on any atom is 0.339 e. The molecular weight excluding hydrogens is 328 g/mol. The highest BCUT2D eigenvalue weighted by Crippen LogP contribution is 2.28. The van der Waals surface area contributed by atoms with E-state index >= 15 is 0 Å². The molecule has 1 fully saturated rings. The molecule has 142 valence electrons. The molecule has 2 rings (SSSR count). The van der Waals surface area contributed by atoms with E-state index < -0.39 is 12.1 Å². The van der Waals surface area contributed by atoms with Crippen molar-refractivity contribution in [2.75, 3.05) is 13.7 Å². The Kier molecular flexibility index (Phi) is 7.61. The molecule has 0 amide bonds. The fraction of sp³-hybridized carbons (Fsp3) is 0.500. The molecule has 4 nitrogen and oxygen atoms in total. The first-order valence-corrected chi connectivity index (χ1v) is 9.25. The van der Waals surface area contributed by atoms with Crippen LogP contribution in [0.5, 0.6) is 0 Å². The first kappa shape index (κ1) is 20.4. The van der Waals surface area contributed by atoms with Gasteiger partial charge < -0.3 is 14.6 Å². The van der Waals surface area contributed by atoms with Crippen molar-refractivity contribution < 1.29 is 19.4 Å². The minimum atomic E-state index is -0.841. The number of hydrogen-bond donors (Lipinski definition) is 1. The van der Waals surface area contributed by atoms with Gasteiger partial charge in [0.15, 0.2) is 0 Å².